The van der Waals surface area contributed by atoms with Crippen LogP contribution in [0.15, 0.2) is 60.7 Å². The minimum Gasteiger partial charge on any atom is -0.497 e. The second-order valence-corrected chi connectivity index (χ2v) is 9.75. The number of hydrogen-bond donors (Lipinski definition) is 1. The molecule has 3 atom stereocenters. The molecule has 41 heavy (non-hydrogen) atoms. The lowest BCUT2D eigenvalue weighted by Crippen LogP contribution is -2.50. The lowest BCUT2D eigenvalue weighted by atomic mass is 9.83. The van der Waals surface area contributed by atoms with Gasteiger partial charge in [0.15, 0.2) is 23.0 Å². The number of nitrogens with zero attached hydrogens (tertiary/aromatic N) is 1. The fourth-order valence-electron chi connectivity index (χ4n) is 5.37. The predicted molar refractivity (Wildman–Crippen MR) is 151 cm³/mol. The van der Waals surface area contributed by atoms with Gasteiger partial charge in [-0.2, -0.15) is 0 Å². The molecule has 0 bridgehead atoms. The summed E-state index contributed by atoms with van der Waals surface area (Å²) >= 11 is 0. The summed E-state index contributed by atoms with van der Waals surface area (Å²) in [4.78, 5) is 29.0. The molecule has 3 aromatic carbocycles. The van der Waals surface area contributed by atoms with E-state index in [1.54, 1.807) is 24.1 Å². The molecule has 2 aliphatic rings. The fraction of sp³-hybridized carbons (Fsp3) is 0.355. The van der Waals surface area contributed by atoms with Crippen molar-refractivity contribution in [3.8, 4) is 34.5 Å². The second kappa shape index (κ2) is 12.3. The Labute approximate surface area is 239 Å². The molecule has 1 N–H and O–H groups in total. The molecule has 216 valence electrons. The molecule has 0 radical (unpaired) electrons. The van der Waals surface area contributed by atoms with Gasteiger partial charge in [0, 0.05) is 18.6 Å². The molecule has 1 fully saturated rings. The van der Waals surface area contributed by atoms with Crippen LogP contribution >= 0.6 is 0 Å². The quantitative estimate of drug-likeness (QED) is 0.415. The third kappa shape index (κ3) is 5.68. The Morgan fingerprint density at radius 1 is 0.927 bits per heavy atom. The van der Waals surface area contributed by atoms with Crippen LogP contribution in [0.3, 0.4) is 0 Å². The van der Waals surface area contributed by atoms with Crippen LogP contribution in [0.1, 0.15) is 24.4 Å². The Morgan fingerprint density at radius 2 is 1.61 bits per heavy atom. The van der Waals surface area contributed by atoms with Gasteiger partial charge in [0.1, 0.15) is 18.5 Å². The van der Waals surface area contributed by atoms with E-state index in [1.165, 1.54) is 21.3 Å². The fourth-order valence-corrected chi connectivity index (χ4v) is 5.37. The van der Waals surface area contributed by atoms with E-state index in [2.05, 4.69) is 5.32 Å². The summed E-state index contributed by atoms with van der Waals surface area (Å²) in [5, 5.41) is 3.05. The van der Waals surface area contributed by atoms with Crippen LogP contribution in [-0.2, 0) is 9.59 Å². The summed E-state index contributed by atoms with van der Waals surface area (Å²) in [5.41, 5.74) is 1.32. The van der Waals surface area contributed by atoms with Gasteiger partial charge in [-0.25, -0.2) is 0 Å². The van der Waals surface area contributed by atoms with Crippen molar-refractivity contribution in [2.75, 3.05) is 46.5 Å². The average Bonchev–Trinajstić information content (AvgIpc) is 3.02. The summed E-state index contributed by atoms with van der Waals surface area (Å²) in [6, 6.07) is 17.7. The van der Waals surface area contributed by atoms with Gasteiger partial charge in [-0.05, 0) is 36.2 Å². The van der Waals surface area contributed by atoms with Gasteiger partial charge in [0.2, 0.25) is 17.6 Å². The number of fused-ring (bicyclic) bond motifs is 1. The number of benzene rings is 3. The molecule has 1 saturated heterocycles. The van der Waals surface area contributed by atoms with Crippen molar-refractivity contribution >= 4 is 17.5 Å². The first-order valence-electron chi connectivity index (χ1n) is 13.4. The SMILES string of the molecule is COc1ccc([C@@H]2[C@H](C(=O)NC[C@H]3COc4ccccc4O3)CCC(=O)N2c2cc(OC)c(OC)c(OC)c2)cc1. The third-order valence-electron chi connectivity index (χ3n) is 7.39. The van der Waals surface area contributed by atoms with E-state index in [0.29, 0.717) is 53.2 Å². The van der Waals surface area contributed by atoms with Crippen LogP contribution < -0.4 is 38.6 Å². The number of nitrogens with one attached hydrogen (secondary N) is 1. The summed E-state index contributed by atoms with van der Waals surface area (Å²) in [6.45, 7) is 0.580. The maximum Gasteiger partial charge on any atom is 0.227 e. The molecule has 0 unspecified atom stereocenters. The molecule has 10 heteroatoms. The number of hydrogen-bond acceptors (Lipinski definition) is 8. The Balaban J connectivity index is 1.46. The highest BCUT2D eigenvalue weighted by molar-refractivity contribution is 5.98. The molecular weight excluding hydrogens is 528 g/mol. The number of para-hydroxylation sites is 2. The van der Waals surface area contributed by atoms with Crippen LogP contribution in [0, 0.1) is 5.92 Å². The molecule has 10 nitrogen and oxygen atoms in total. The first-order chi connectivity index (χ1) is 20.0. The molecule has 2 aliphatic heterocycles. The molecule has 2 heterocycles. The average molecular weight is 563 g/mol. The summed E-state index contributed by atoms with van der Waals surface area (Å²) in [7, 11) is 6.15. The molecule has 3 aromatic rings. The van der Waals surface area contributed by atoms with Gasteiger partial charge < -0.3 is 38.6 Å². The number of anilines is 1. The number of methoxy groups -OCH3 is 4. The summed E-state index contributed by atoms with van der Waals surface area (Å²) in [6.07, 6.45) is 0.232. The predicted octanol–water partition coefficient (Wildman–Crippen LogP) is 4.16. The molecule has 0 saturated carbocycles. The molecule has 0 aromatic heterocycles. The van der Waals surface area contributed by atoms with Crippen LogP contribution in [-0.4, -0.2) is 59.5 Å². The standard InChI is InChI=1S/C31H34N2O8/c1-36-21-11-9-19(10-12-21)29-23(31(35)32-17-22-18-40-24-7-5-6-8-25(24)41-22)13-14-28(34)33(29)20-15-26(37-2)30(39-4)27(16-20)38-3/h5-12,15-16,22-23,29H,13-14,17-18H2,1-4H3,(H,32,35)/t22-,23+,29+/m0/s1. The van der Waals surface area contributed by atoms with Gasteiger partial charge in [-0.1, -0.05) is 24.3 Å². The zero-order valence-corrected chi connectivity index (χ0v) is 23.5. The number of rotatable bonds is 9. The monoisotopic (exact) mass is 562 g/mol. The van der Waals surface area contributed by atoms with Crippen molar-refractivity contribution in [3.63, 3.8) is 0 Å². The van der Waals surface area contributed by atoms with Crippen molar-refractivity contribution in [2.24, 2.45) is 5.92 Å². The minimum atomic E-state index is -0.603. The van der Waals surface area contributed by atoms with Crippen LogP contribution in [0.4, 0.5) is 5.69 Å². The molecule has 5 rings (SSSR count). The van der Waals surface area contributed by atoms with Crippen molar-refractivity contribution in [3.05, 3.63) is 66.2 Å². The Kier molecular flexibility index (Phi) is 8.37. The van der Waals surface area contributed by atoms with E-state index in [0.717, 1.165) is 5.56 Å². The van der Waals surface area contributed by atoms with E-state index >= 15 is 0 Å². The van der Waals surface area contributed by atoms with Gasteiger partial charge in [-0.3, -0.25) is 9.59 Å². The Hall–Kier alpha value is -4.60. The topological polar surface area (TPSA) is 105 Å². The van der Waals surface area contributed by atoms with E-state index in [9.17, 15) is 9.59 Å². The molecule has 0 spiro atoms. The molecular formula is C31H34N2O8. The van der Waals surface area contributed by atoms with Crippen molar-refractivity contribution in [1.82, 2.24) is 5.32 Å². The van der Waals surface area contributed by atoms with Crippen molar-refractivity contribution in [1.29, 1.82) is 0 Å². The minimum absolute atomic E-state index is 0.121. The molecule has 0 aliphatic carbocycles. The maximum atomic E-state index is 13.8. The maximum absolute atomic E-state index is 13.8. The second-order valence-electron chi connectivity index (χ2n) is 9.75. The largest absolute Gasteiger partial charge is 0.497 e. The van der Waals surface area contributed by atoms with Crippen molar-refractivity contribution in [2.45, 2.75) is 25.0 Å². The van der Waals surface area contributed by atoms with E-state index in [-0.39, 0.29) is 30.9 Å². The van der Waals surface area contributed by atoms with Gasteiger partial charge >= 0.3 is 0 Å². The number of carbonyl (C=O) groups is 2. The summed E-state index contributed by atoms with van der Waals surface area (Å²) in [5.74, 6) is 2.38. The normalized spacial score (nSPS) is 19.8. The van der Waals surface area contributed by atoms with Crippen molar-refractivity contribution < 1.29 is 38.0 Å². The highest BCUT2D eigenvalue weighted by atomic mass is 16.6. The molecule has 2 amide bonds. The number of amides is 2. The first kappa shape index (κ1) is 27.9. The lowest BCUT2D eigenvalue weighted by Gasteiger charge is -2.41. The Morgan fingerprint density at radius 3 is 2.24 bits per heavy atom. The summed E-state index contributed by atoms with van der Waals surface area (Å²) < 4.78 is 33.8. The number of piperidine rings is 1. The zero-order valence-electron chi connectivity index (χ0n) is 23.5. The highest BCUT2D eigenvalue weighted by Gasteiger charge is 2.42. The van der Waals surface area contributed by atoms with Crippen LogP contribution in [0.5, 0.6) is 34.5 Å². The third-order valence-corrected chi connectivity index (χ3v) is 7.39. The number of carbonyl (C=O) groups excluding carboxylic acids is 2. The Bertz CT molecular complexity index is 1370. The van der Waals surface area contributed by atoms with E-state index in [1.807, 2.05) is 48.5 Å². The van der Waals surface area contributed by atoms with Gasteiger partial charge in [0.05, 0.1) is 52.6 Å². The lowest BCUT2D eigenvalue weighted by molar-refractivity contribution is -0.129. The highest BCUT2D eigenvalue weighted by Crippen LogP contribution is 2.46. The van der Waals surface area contributed by atoms with Gasteiger partial charge in [-0.15, -0.1) is 0 Å². The van der Waals surface area contributed by atoms with Crippen LogP contribution in [0.25, 0.3) is 0 Å². The smallest absolute Gasteiger partial charge is 0.227 e. The van der Waals surface area contributed by atoms with E-state index in [4.69, 9.17) is 28.4 Å². The van der Waals surface area contributed by atoms with Gasteiger partial charge in [0.25, 0.3) is 0 Å². The van der Waals surface area contributed by atoms with Crippen LogP contribution in [0.2, 0.25) is 0 Å². The van der Waals surface area contributed by atoms with E-state index < -0.39 is 12.0 Å². The first-order valence-corrected chi connectivity index (χ1v) is 13.4. The number of ether oxygens (including phenoxy) is 6. The zero-order chi connectivity index (χ0) is 28.9.